The second-order valence-electron chi connectivity index (χ2n) is 4.45. The third-order valence-corrected chi connectivity index (χ3v) is 4.53. The Kier molecular flexibility index (Phi) is 4.53. The fourth-order valence-corrected chi connectivity index (χ4v) is 2.76. The van der Waals surface area contributed by atoms with Crippen LogP contribution in [-0.2, 0) is 22.2 Å². The van der Waals surface area contributed by atoms with Crippen LogP contribution < -0.4 is 0 Å². The molecule has 0 aliphatic carbocycles. The molecule has 9 heteroatoms. The van der Waals surface area contributed by atoms with Crippen molar-refractivity contribution in [2.45, 2.75) is 24.2 Å². The minimum Gasteiger partial charge on any atom is -0.219 e. The average molecular weight is 344 g/mol. The molecule has 2 nitrogen and oxygen atoms in total. The molecule has 1 rings (SSSR count). The summed E-state index contributed by atoms with van der Waals surface area (Å²) in [5, 5.41) is 0. The van der Waals surface area contributed by atoms with E-state index in [0.29, 0.717) is 0 Å². The van der Waals surface area contributed by atoms with Gasteiger partial charge in [-0.05, 0) is 30.7 Å². The summed E-state index contributed by atoms with van der Waals surface area (Å²) >= 11 is 0. The first-order chi connectivity index (χ1) is 9.67. The number of sulfone groups is 1. The second kappa shape index (κ2) is 5.45. The van der Waals surface area contributed by atoms with Crippen LogP contribution in [0, 0.1) is 0 Å². The van der Waals surface area contributed by atoms with E-state index in [9.17, 15) is 34.8 Å². The van der Waals surface area contributed by atoms with Crippen molar-refractivity contribution in [1.29, 1.82) is 0 Å². The van der Waals surface area contributed by atoms with Crippen LogP contribution in [0.3, 0.4) is 0 Å². The minimum absolute atomic E-state index is 0.0917. The number of rotatable bonds is 3. The van der Waals surface area contributed by atoms with Crippen LogP contribution in [-0.4, -0.2) is 8.42 Å². The predicted octanol–water partition coefficient (Wildman–Crippen LogP) is 4.59. The first-order valence-electron chi connectivity index (χ1n) is 5.56. The van der Waals surface area contributed by atoms with Crippen LogP contribution in [0.5, 0.6) is 0 Å². The number of allylic oxidation sites excluding steroid dienone is 1. The van der Waals surface area contributed by atoms with Gasteiger partial charge in [-0.2, -0.15) is 26.3 Å². The van der Waals surface area contributed by atoms with Gasteiger partial charge < -0.3 is 0 Å². The van der Waals surface area contributed by atoms with Gasteiger partial charge in [0, 0.05) is 0 Å². The number of hydrogen-bond donors (Lipinski definition) is 0. The lowest BCUT2D eigenvalue weighted by molar-refractivity contribution is -0.143. The van der Waals surface area contributed by atoms with Crippen molar-refractivity contribution in [2.24, 2.45) is 0 Å². The predicted molar refractivity (Wildman–Crippen MR) is 67.6 cm³/mol. The van der Waals surface area contributed by atoms with E-state index in [1.165, 1.54) is 6.92 Å². The SMILES string of the molecule is C=C(C)C(=C)S(=O)(=O)c1cc(C(F)(F)F)cc(C(F)(F)F)c1. The van der Waals surface area contributed by atoms with Crippen LogP contribution in [0.4, 0.5) is 26.3 Å². The first-order valence-corrected chi connectivity index (χ1v) is 7.05. The summed E-state index contributed by atoms with van der Waals surface area (Å²) in [6.07, 6.45) is -10.3. The lowest BCUT2D eigenvalue weighted by Crippen LogP contribution is -2.14. The standard InChI is InChI=1S/C13H10F6O2S/c1-7(2)8(3)22(20,21)11-5-9(12(14,15)16)4-10(6-11)13(17,18)19/h4-6H,1,3H2,2H3. The highest BCUT2D eigenvalue weighted by atomic mass is 32.2. The van der Waals surface area contributed by atoms with Gasteiger partial charge in [0.2, 0.25) is 9.84 Å². The zero-order valence-corrected chi connectivity index (χ0v) is 12.0. The van der Waals surface area contributed by atoms with Crippen molar-refractivity contribution >= 4 is 9.84 Å². The molecule has 0 heterocycles. The highest BCUT2D eigenvalue weighted by Crippen LogP contribution is 2.38. The summed E-state index contributed by atoms with van der Waals surface area (Å²) in [5.74, 6) is 0. The molecule has 122 valence electrons. The second-order valence-corrected chi connectivity index (χ2v) is 6.42. The Hall–Kier alpha value is -1.77. The van der Waals surface area contributed by atoms with E-state index in [4.69, 9.17) is 0 Å². The van der Waals surface area contributed by atoms with Crippen molar-refractivity contribution in [3.63, 3.8) is 0 Å². The van der Waals surface area contributed by atoms with Crippen LogP contribution in [0.1, 0.15) is 18.1 Å². The molecule has 0 aliphatic rings. The first kappa shape index (κ1) is 18.3. The molecule has 0 amide bonds. The Morgan fingerprint density at radius 3 is 1.55 bits per heavy atom. The van der Waals surface area contributed by atoms with Gasteiger partial charge in [-0.3, -0.25) is 0 Å². The molecule has 22 heavy (non-hydrogen) atoms. The van der Waals surface area contributed by atoms with Crippen molar-refractivity contribution < 1.29 is 34.8 Å². The molecule has 0 radical (unpaired) electrons. The van der Waals surface area contributed by atoms with Crippen LogP contribution >= 0.6 is 0 Å². The molecular weight excluding hydrogens is 334 g/mol. The summed E-state index contributed by atoms with van der Waals surface area (Å²) in [7, 11) is -4.60. The Bertz CT molecular complexity index is 694. The molecule has 0 aliphatic heterocycles. The molecule has 0 bridgehead atoms. The Balaban J connectivity index is 3.69. The number of hydrogen-bond acceptors (Lipinski definition) is 2. The van der Waals surface area contributed by atoms with E-state index in [1.807, 2.05) is 0 Å². The summed E-state index contributed by atoms with van der Waals surface area (Å²) < 4.78 is 100. The summed E-state index contributed by atoms with van der Waals surface area (Å²) in [6, 6.07) is 0.125. The topological polar surface area (TPSA) is 34.1 Å². The molecule has 0 saturated carbocycles. The van der Waals surface area contributed by atoms with Gasteiger partial charge in [0.25, 0.3) is 0 Å². The maximum Gasteiger partial charge on any atom is 0.416 e. The smallest absolute Gasteiger partial charge is 0.219 e. The zero-order valence-electron chi connectivity index (χ0n) is 11.1. The number of benzene rings is 1. The minimum atomic E-state index is -5.13. The fraction of sp³-hybridized carbons (Fsp3) is 0.231. The van der Waals surface area contributed by atoms with Crippen LogP contribution in [0.15, 0.2) is 46.7 Å². The van der Waals surface area contributed by atoms with Gasteiger partial charge in [0.05, 0.1) is 20.9 Å². The van der Waals surface area contributed by atoms with Crippen molar-refractivity contribution in [3.05, 3.63) is 53.0 Å². The van der Waals surface area contributed by atoms with E-state index in [0.717, 1.165) is 0 Å². The number of halogens is 6. The zero-order chi connectivity index (χ0) is 17.5. The largest absolute Gasteiger partial charge is 0.416 e. The Morgan fingerprint density at radius 1 is 0.909 bits per heavy atom. The van der Waals surface area contributed by atoms with Gasteiger partial charge in [-0.15, -0.1) is 0 Å². The normalized spacial score (nSPS) is 13.0. The van der Waals surface area contributed by atoms with Crippen molar-refractivity contribution in [1.82, 2.24) is 0 Å². The molecule has 0 atom stereocenters. The summed E-state index contributed by atoms with van der Waals surface area (Å²) in [4.78, 5) is -1.79. The van der Waals surface area contributed by atoms with Crippen LogP contribution in [0.2, 0.25) is 0 Å². The molecule has 0 fully saturated rings. The van der Waals surface area contributed by atoms with E-state index in [1.54, 1.807) is 0 Å². The maximum absolute atomic E-state index is 12.7. The van der Waals surface area contributed by atoms with Gasteiger partial charge in [0.15, 0.2) is 0 Å². The Labute approximate surface area is 122 Å². The summed E-state index contributed by atoms with van der Waals surface area (Å²) in [5.41, 5.74) is -3.52. The van der Waals surface area contributed by atoms with Gasteiger partial charge in [-0.25, -0.2) is 8.42 Å². The molecule has 1 aromatic rings. The summed E-state index contributed by atoms with van der Waals surface area (Å²) in [6.45, 7) is 7.62. The molecule has 0 spiro atoms. The lowest BCUT2D eigenvalue weighted by Gasteiger charge is -2.15. The fourth-order valence-electron chi connectivity index (χ4n) is 1.45. The van der Waals surface area contributed by atoms with Gasteiger partial charge >= 0.3 is 12.4 Å². The molecule has 0 aromatic heterocycles. The molecule has 0 unspecified atom stereocenters. The lowest BCUT2D eigenvalue weighted by atomic mass is 10.1. The Morgan fingerprint density at radius 2 is 1.27 bits per heavy atom. The monoisotopic (exact) mass is 344 g/mol. The highest BCUT2D eigenvalue weighted by molar-refractivity contribution is 7.95. The van der Waals surface area contributed by atoms with Crippen molar-refractivity contribution in [3.8, 4) is 0 Å². The maximum atomic E-state index is 12.7. The van der Waals surface area contributed by atoms with E-state index in [2.05, 4.69) is 13.2 Å². The third-order valence-electron chi connectivity index (χ3n) is 2.67. The molecule has 0 saturated heterocycles. The van der Waals surface area contributed by atoms with E-state index < -0.39 is 43.1 Å². The quantitative estimate of drug-likeness (QED) is 0.594. The highest BCUT2D eigenvalue weighted by Gasteiger charge is 2.38. The molecule has 0 N–H and O–H groups in total. The molecular formula is C13H10F6O2S. The van der Waals surface area contributed by atoms with Crippen molar-refractivity contribution in [2.75, 3.05) is 0 Å². The number of alkyl halides is 6. The molecule has 1 aromatic carbocycles. The third kappa shape index (κ3) is 3.70. The van der Waals surface area contributed by atoms with E-state index in [-0.39, 0.29) is 23.8 Å². The average Bonchev–Trinajstić information content (AvgIpc) is 2.35. The van der Waals surface area contributed by atoms with Crippen LogP contribution in [0.25, 0.3) is 0 Å². The van der Waals surface area contributed by atoms with Gasteiger partial charge in [0.1, 0.15) is 0 Å². The van der Waals surface area contributed by atoms with E-state index >= 15 is 0 Å². The van der Waals surface area contributed by atoms with Gasteiger partial charge in [-0.1, -0.05) is 13.2 Å².